The van der Waals surface area contributed by atoms with Crippen LogP contribution in [0.4, 0.5) is 0 Å². The standard InChI is InChI=1S/C15H24N2O3/c1-10(13-7-11-2-3-12(13)6-11)16-14(18)8-17-4-5-20-9-15(17)19/h10-13H,2-9H2,1H3,(H,16,18)/t10-,11-,12-,13+/m0/s1. The van der Waals surface area contributed by atoms with Gasteiger partial charge >= 0.3 is 0 Å². The van der Waals surface area contributed by atoms with Crippen molar-refractivity contribution in [1.29, 1.82) is 0 Å². The molecule has 112 valence electrons. The topological polar surface area (TPSA) is 58.6 Å². The second-order valence-electron chi connectivity index (χ2n) is 6.56. The third-order valence-electron chi connectivity index (χ3n) is 5.24. The third-order valence-corrected chi connectivity index (χ3v) is 5.24. The molecule has 2 bridgehead atoms. The Hall–Kier alpha value is -1.10. The number of hydrogen-bond acceptors (Lipinski definition) is 3. The highest BCUT2D eigenvalue weighted by atomic mass is 16.5. The van der Waals surface area contributed by atoms with Gasteiger partial charge in [0.1, 0.15) is 6.61 Å². The van der Waals surface area contributed by atoms with E-state index in [9.17, 15) is 9.59 Å². The van der Waals surface area contributed by atoms with Crippen LogP contribution in [0.25, 0.3) is 0 Å². The Labute approximate surface area is 120 Å². The molecule has 0 aromatic carbocycles. The van der Waals surface area contributed by atoms with E-state index in [-0.39, 0.29) is 31.0 Å². The van der Waals surface area contributed by atoms with Gasteiger partial charge in [-0.05, 0) is 43.9 Å². The Morgan fingerprint density at radius 3 is 2.95 bits per heavy atom. The van der Waals surface area contributed by atoms with Gasteiger partial charge in [-0.15, -0.1) is 0 Å². The largest absolute Gasteiger partial charge is 0.370 e. The summed E-state index contributed by atoms with van der Waals surface area (Å²) in [5, 5.41) is 3.10. The SMILES string of the molecule is C[C@H](NC(=O)CN1CCOCC1=O)[C@H]1C[C@H]2CC[C@H]1C2. The number of fused-ring (bicyclic) bond motifs is 2. The summed E-state index contributed by atoms with van der Waals surface area (Å²) in [6.07, 6.45) is 5.33. The average Bonchev–Trinajstić information content (AvgIpc) is 3.03. The normalized spacial score (nSPS) is 34.4. The molecular formula is C15H24N2O3. The minimum absolute atomic E-state index is 0.0319. The molecule has 1 heterocycles. The maximum Gasteiger partial charge on any atom is 0.249 e. The number of nitrogens with one attached hydrogen (secondary N) is 1. The predicted molar refractivity (Wildman–Crippen MR) is 73.9 cm³/mol. The van der Waals surface area contributed by atoms with Gasteiger partial charge in [-0.2, -0.15) is 0 Å². The second kappa shape index (κ2) is 5.72. The molecular weight excluding hydrogens is 256 g/mol. The first kappa shape index (κ1) is 13.9. The Morgan fingerprint density at radius 2 is 2.30 bits per heavy atom. The van der Waals surface area contributed by atoms with Crippen LogP contribution in [0.15, 0.2) is 0 Å². The quantitative estimate of drug-likeness (QED) is 0.828. The van der Waals surface area contributed by atoms with Gasteiger partial charge in [-0.3, -0.25) is 9.59 Å². The minimum atomic E-state index is -0.0843. The first-order valence-corrected chi connectivity index (χ1v) is 7.78. The molecule has 0 aromatic heterocycles. The molecule has 0 radical (unpaired) electrons. The lowest BCUT2D eigenvalue weighted by atomic mass is 9.84. The lowest BCUT2D eigenvalue weighted by molar-refractivity contribution is -0.146. The van der Waals surface area contributed by atoms with Gasteiger partial charge in [0.2, 0.25) is 11.8 Å². The second-order valence-corrected chi connectivity index (χ2v) is 6.56. The maximum atomic E-state index is 12.1. The van der Waals surface area contributed by atoms with E-state index < -0.39 is 0 Å². The van der Waals surface area contributed by atoms with E-state index in [1.165, 1.54) is 25.7 Å². The van der Waals surface area contributed by atoms with Crippen LogP contribution in [0.1, 0.15) is 32.6 Å². The highest BCUT2D eigenvalue weighted by Gasteiger charge is 2.42. The van der Waals surface area contributed by atoms with Crippen molar-refractivity contribution in [3.63, 3.8) is 0 Å². The van der Waals surface area contributed by atoms with Crippen LogP contribution in [-0.2, 0) is 14.3 Å². The maximum absolute atomic E-state index is 12.1. The number of morpholine rings is 1. The van der Waals surface area contributed by atoms with Crippen LogP contribution < -0.4 is 5.32 Å². The summed E-state index contributed by atoms with van der Waals surface area (Å²) in [6, 6.07) is 0.231. The molecule has 1 N–H and O–H groups in total. The van der Waals surface area contributed by atoms with Crippen molar-refractivity contribution in [2.45, 2.75) is 38.6 Å². The average molecular weight is 280 g/mol. The monoisotopic (exact) mass is 280 g/mol. The molecule has 2 amide bonds. The van der Waals surface area contributed by atoms with Gasteiger partial charge < -0.3 is 15.0 Å². The van der Waals surface area contributed by atoms with Gasteiger partial charge in [0.25, 0.3) is 0 Å². The van der Waals surface area contributed by atoms with E-state index >= 15 is 0 Å². The number of nitrogens with zero attached hydrogens (tertiary/aromatic N) is 1. The fraction of sp³-hybridized carbons (Fsp3) is 0.867. The van der Waals surface area contributed by atoms with Crippen molar-refractivity contribution in [3.8, 4) is 0 Å². The van der Waals surface area contributed by atoms with Crippen molar-refractivity contribution in [3.05, 3.63) is 0 Å². The predicted octanol–water partition coefficient (Wildman–Crippen LogP) is 0.786. The molecule has 4 atom stereocenters. The van der Waals surface area contributed by atoms with E-state index in [2.05, 4.69) is 12.2 Å². The summed E-state index contributed by atoms with van der Waals surface area (Å²) in [5.74, 6) is 2.22. The third kappa shape index (κ3) is 2.82. The molecule has 3 rings (SSSR count). The van der Waals surface area contributed by atoms with E-state index in [1.807, 2.05) is 0 Å². The summed E-state index contributed by atoms with van der Waals surface area (Å²) < 4.78 is 5.07. The van der Waals surface area contributed by atoms with Crippen LogP contribution in [0, 0.1) is 17.8 Å². The van der Waals surface area contributed by atoms with Gasteiger partial charge in [0, 0.05) is 12.6 Å². The molecule has 3 fully saturated rings. The molecule has 5 nitrogen and oxygen atoms in total. The molecule has 5 heteroatoms. The van der Waals surface area contributed by atoms with Gasteiger partial charge in [0.15, 0.2) is 0 Å². The molecule has 1 aliphatic heterocycles. The van der Waals surface area contributed by atoms with Crippen molar-refractivity contribution in [2.24, 2.45) is 17.8 Å². The fourth-order valence-electron chi connectivity index (χ4n) is 4.20. The zero-order chi connectivity index (χ0) is 14.1. The van der Waals surface area contributed by atoms with Crippen molar-refractivity contribution < 1.29 is 14.3 Å². The van der Waals surface area contributed by atoms with Crippen molar-refractivity contribution in [1.82, 2.24) is 10.2 Å². The van der Waals surface area contributed by atoms with Gasteiger partial charge in [-0.1, -0.05) is 6.42 Å². The number of hydrogen-bond donors (Lipinski definition) is 1. The molecule has 2 aliphatic carbocycles. The Morgan fingerprint density at radius 1 is 1.45 bits per heavy atom. The van der Waals surface area contributed by atoms with Crippen molar-refractivity contribution in [2.75, 3.05) is 26.3 Å². The molecule has 0 unspecified atom stereocenters. The zero-order valence-corrected chi connectivity index (χ0v) is 12.1. The van der Waals surface area contributed by atoms with Crippen LogP contribution in [0.2, 0.25) is 0 Å². The summed E-state index contributed by atoms with van der Waals surface area (Å²) in [7, 11) is 0. The number of ether oxygens (including phenoxy) is 1. The summed E-state index contributed by atoms with van der Waals surface area (Å²) >= 11 is 0. The first-order chi connectivity index (χ1) is 9.63. The lowest BCUT2D eigenvalue weighted by Gasteiger charge is -2.30. The highest BCUT2D eigenvalue weighted by Crippen LogP contribution is 2.49. The molecule has 0 spiro atoms. The van der Waals surface area contributed by atoms with Gasteiger partial charge in [-0.25, -0.2) is 0 Å². The van der Waals surface area contributed by atoms with Crippen LogP contribution in [0.5, 0.6) is 0 Å². The highest BCUT2D eigenvalue weighted by molar-refractivity contribution is 5.85. The van der Waals surface area contributed by atoms with Crippen LogP contribution in [-0.4, -0.2) is 49.1 Å². The Kier molecular flexibility index (Phi) is 3.96. The Balaban J connectivity index is 1.47. The molecule has 2 saturated carbocycles. The van der Waals surface area contributed by atoms with E-state index in [0.717, 1.165) is 11.8 Å². The van der Waals surface area contributed by atoms with E-state index in [0.29, 0.717) is 19.1 Å². The summed E-state index contributed by atoms with van der Waals surface area (Å²) in [6.45, 7) is 3.45. The summed E-state index contributed by atoms with van der Waals surface area (Å²) in [5.41, 5.74) is 0. The number of amides is 2. The smallest absolute Gasteiger partial charge is 0.249 e. The molecule has 1 saturated heterocycles. The van der Waals surface area contributed by atoms with Gasteiger partial charge in [0.05, 0.1) is 13.2 Å². The number of carbonyl (C=O) groups is 2. The zero-order valence-electron chi connectivity index (χ0n) is 12.1. The fourth-order valence-corrected chi connectivity index (χ4v) is 4.20. The van der Waals surface area contributed by atoms with Crippen molar-refractivity contribution >= 4 is 11.8 Å². The molecule has 3 aliphatic rings. The number of carbonyl (C=O) groups excluding carboxylic acids is 2. The first-order valence-electron chi connectivity index (χ1n) is 7.78. The number of rotatable bonds is 4. The molecule has 20 heavy (non-hydrogen) atoms. The van der Waals surface area contributed by atoms with Crippen LogP contribution >= 0.6 is 0 Å². The van der Waals surface area contributed by atoms with E-state index in [1.54, 1.807) is 4.90 Å². The lowest BCUT2D eigenvalue weighted by Crippen LogP contribution is -2.49. The van der Waals surface area contributed by atoms with E-state index in [4.69, 9.17) is 4.74 Å². The Bertz CT molecular complexity index is 399. The minimum Gasteiger partial charge on any atom is -0.370 e. The molecule has 0 aromatic rings. The van der Waals surface area contributed by atoms with Crippen LogP contribution in [0.3, 0.4) is 0 Å². The summed E-state index contributed by atoms with van der Waals surface area (Å²) in [4.78, 5) is 25.3.